The number of aliphatic hydroxyl groups is 1. The standard InChI is InChI=1S/C34H46N8O5/c1-20(22-10-8-16-39(22)3)42-29-24-28(41-19-32(2,44)15-11-23(41)31(43)40(4)30(24)37-42)35-27(36-29)25-21-9-7-13-33(26(21)47-38-25)12-5-6-14-34(33)45-17-18-46-34/h20,22-23,44H,5-19H2,1-4H3/t20-,22-,23+,32+,33-/m0/s1. The van der Waals surface area contributed by atoms with Gasteiger partial charge in [0, 0.05) is 31.6 Å². The predicted octanol–water partition coefficient (Wildman–Crippen LogP) is 3.72. The Hall–Kier alpha value is -3.13. The molecule has 4 aliphatic heterocycles. The summed E-state index contributed by atoms with van der Waals surface area (Å²) in [5, 5.41) is 21.9. The summed E-state index contributed by atoms with van der Waals surface area (Å²) in [5.74, 6) is 1.79. The quantitative estimate of drug-likeness (QED) is 0.446. The van der Waals surface area contributed by atoms with E-state index < -0.39 is 22.8 Å². The van der Waals surface area contributed by atoms with Crippen molar-refractivity contribution in [3.8, 4) is 11.5 Å². The van der Waals surface area contributed by atoms with Crippen molar-refractivity contribution >= 4 is 28.6 Å². The molecule has 6 aliphatic rings. The lowest BCUT2D eigenvalue weighted by molar-refractivity contribution is -0.235. The highest BCUT2D eigenvalue weighted by atomic mass is 16.7. The molecule has 9 rings (SSSR count). The molecule has 13 nitrogen and oxygen atoms in total. The second-order valence-electron chi connectivity index (χ2n) is 15.3. The van der Waals surface area contributed by atoms with Gasteiger partial charge in [-0.3, -0.25) is 9.69 Å². The van der Waals surface area contributed by atoms with Crippen molar-refractivity contribution in [2.75, 3.05) is 50.2 Å². The van der Waals surface area contributed by atoms with Gasteiger partial charge < -0.3 is 28.9 Å². The molecule has 13 heteroatoms. The van der Waals surface area contributed by atoms with Gasteiger partial charge in [0.2, 0.25) is 0 Å². The Morgan fingerprint density at radius 1 is 0.979 bits per heavy atom. The number of ether oxygens (including phenoxy) is 2. The molecule has 2 aliphatic carbocycles. The third kappa shape index (κ3) is 4.18. The summed E-state index contributed by atoms with van der Waals surface area (Å²) in [7, 11) is 3.97. The van der Waals surface area contributed by atoms with Gasteiger partial charge in [-0.25, -0.2) is 14.6 Å². The number of fused-ring (bicyclic) bond motifs is 5. The fourth-order valence-electron chi connectivity index (χ4n) is 9.98. The highest BCUT2D eigenvalue weighted by Crippen LogP contribution is 2.57. The summed E-state index contributed by atoms with van der Waals surface area (Å²) < 4.78 is 21.2. The number of hydrogen-bond donors (Lipinski definition) is 1. The van der Waals surface area contributed by atoms with Crippen molar-refractivity contribution in [2.24, 2.45) is 0 Å². The van der Waals surface area contributed by atoms with E-state index in [0.29, 0.717) is 54.9 Å². The number of likely N-dealkylation sites (tertiary alicyclic amines) is 1. The van der Waals surface area contributed by atoms with Gasteiger partial charge in [-0.1, -0.05) is 11.6 Å². The summed E-state index contributed by atoms with van der Waals surface area (Å²) in [6.07, 6.45) is 9.89. The zero-order chi connectivity index (χ0) is 32.3. The van der Waals surface area contributed by atoms with Crippen LogP contribution >= 0.6 is 0 Å². The van der Waals surface area contributed by atoms with Gasteiger partial charge in [0.1, 0.15) is 17.2 Å². The maximum absolute atomic E-state index is 14.0. The van der Waals surface area contributed by atoms with Gasteiger partial charge in [-0.2, -0.15) is 5.10 Å². The minimum atomic E-state index is -0.969. The molecule has 0 aromatic carbocycles. The van der Waals surface area contributed by atoms with Crippen LogP contribution in [0.15, 0.2) is 4.52 Å². The molecule has 1 amide bonds. The normalized spacial score (nSPS) is 32.7. The van der Waals surface area contributed by atoms with Crippen molar-refractivity contribution in [3.63, 3.8) is 0 Å². The number of piperidine rings is 1. The number of carbonyl (C=O) groups is 1. The topological polar surface area (TPSA) is 135 Å². The Balaban J connectivity index is 1.26. The van der Waals surface area contributed by atoms with Gasteiger partial charge in [-0.15, -0.1) is 0 Å². The monoisotopic (exact) mass is 646 g/mol. The van der Waals surface area contributed by atoms with Gasteiger partial charge >= 0.3 is 0 Å². The largest absolute Gasteiger partial charge is 0.388 e. The number of carbonyl (C=O) groups excluding carboxylic acids is 1. The molecule has 4 fully saturated rings. The molecule has 0 radical (unpaired) electrons. The molecule has 7 heterocycles. The molecule has 0 bridgehead atoms. The number of rotatable bonds is 3. The first kappa shape index (κ1) is 30.0. The molecular formula is C34H46N8O5. The highest BCUT2D eigenvalue weighted by Gasteiger charge is 2.61. The van der Waals surface area contributed by atoms with Crippen LogP contribution in [0, 0.1) is 0 Å². The van der Waals surface area contributed by atoms with Crippen molar-refractivity contribution in [1.82, 2.24) is 29.8 Å². The van der Waals surface area contributed by atoms with E-state index in [1.165, 1.54) is 0 Å². The number of hydrogen-bond acceptors (Lipinski definition) is 11. The number of aromatic nitrogens is 5. The molecule has 1 N–H and O–H groups in total. The summed E-state index contributed by atoms with van der Waals surface area (Å²) in [4.78, 5) is 30.6. The first-order chi connectivity index (χ1) is 22.6. The summed E-state index contributed by atoms with van der Waals surface area (Å²) in [6, 6.07) is -0.167. The molecule has 252 valence electrons. The van der Waals surface area contributed by atoms with Crippen LogP contribution in [0.2, 0.25) is 0 Å². The molecule has 1 saturated carbocycles. The molecule has 3 aromatic rings. The van der Waals surface area contributed by atoms with Crippen LogP contribution in [-0.4, -0.2) is 105 Å². The number of anilines is 2. The Morgan fingerprint density at radius 3 is 2.55 bits per heavy atom. The van der Waals surface area contributed by atoms with Crippen LogP contribution in [0.5, 0.6) is 0 Å². The van der Waals surface area contributed by atoms with Crippen LogP contribution in [0.3, 0.4) is 0 Å². The number of nitrogens with zero attached hydrogens (tertiary/aromatic N) is 8. The second-order valence-corrected chi connectivity index (χ2v) is 15.3. The van der Waals surface area contributed by atoms with Crippen molar-refractivity contribution < 1.29 is 23.9 Å². The summed E-state index contributed by atoms with van der Waals surface area (Å²) in [5.41, 5.74) is 0.987. The van der Waals surface area contributed by atoms with E-state index in [0.717, 1.165) is 81.0 Å². The summed E-state index contributed by atoms with van der Waals surface area (Å²) >= 11 is 0. The first-order valence-electron chi connectivity index (χ1n) is 17.7. The predicted molar refractivity (Wildman–Crippen MR) is 173 cm³/mol. The minimum absolute atomic E-state index is 0.00536. The Kier molecular flexibility index (Phi) is 6.65. The maximum atomic E-state index is 14.0. The minimum Gasteiger partial charge on any atom is -0.388 e. The van der Waals surface area contributed by atoms with E-state index in [4.69, 9.17) is 34.2 Å². The van der Waals surface area contributed by atoms with Gasteiger partial charge in [0.15, 0.2) is 34.5 Å². The van der Waals surface area contributed by atoms with Gasteiger partial charge in [-0.05, 0) is 85.2 Å². The van der Waals surface area contributed by atoms with Gasteiger partial charge in [0.05, 0.1) is 30.3 Å². The third-order valence-electron chi connectivity index (χ3n) is 12.4. The van der Waals surface area contributed by atoms with Crippen LogP contribution < -0.4 is 9.80 Å². The van der Waals surface area contributed by atoms with E-state index in [2.05, 4.69) is 18.9 Å². The third-order valence-corrected chi connectivity index (χ3v) is 12.4. The van der Waals surface area contributed by atoms with Gasteiger partial charge in [0.25, 0.3) is 5.91 Å². The van der Waals surface area contributed by atoms with E-state index in [1.807, 2.05) is 16.5 Å². The van der Waals surface area contributed by atoms with E-state index in [1.54, 1.807) is 11.9 Å². The average molecular weight is 647 g/mol. The lowest BCUT2D eigenvalue weighted by Crippen LogP contribution is -2.56. The fraction of sp³-hybridized carbons (Fsp3) is 0.735. The Labute approximate surface area is 274 Å². The van der Waals surface area contributed by atoms with Crippen molar-refractivity contribution in [3.05, 3.63) is 11.3 Å². The fourth-order valence-corrected chi connectivity index (χ4v) is 9.98. The van der Waals surface area contributed by atoms with E-state index >= 15 is 0 Å². The molecule has 5 atom stereocenters. The zero-order valence-corrected chi connectivity index (χ0v) is 28.0. The Morgan fingerprint density at radius 2 is 1.77 bits per heavy atom. The van der Waals surface area contributed by atoms with E-state index in [-0.39, 0.29) is 24.5 Å². The molecule has 2 spiro atoms. The maximum Gasteiger partial charge on any atom is 0.250 e. The SMILES string of the molecule is C[C@@H]([C@@H]1CCCN1C)n1nc2c3c(nc(-c4noc5c4CCC[C@@]54CCCCC45OCCO5)nc31)N1C[C@](C)(O)CC[C@@H]1C(=O)N2C. The van der Waals surface area contributed by atoms with Crippen molar-refractivity contribution in [1.29, 1.82) is 0 Å². The molecule has 0 unspecified atom stereocenters. The lowest BCUT2D eigenvalue weighted by atomic mass is 9.61. The van der Waals surface area contributed by atoms with Crippen molar-refractivity contribution in [2.45, 2.75) is 119 Å². The van der Waals surface area contributed by atoms with Crippen LogP contribution in [0.1, 0.15) is 95.4 Å². The molecule has 3 aromatic heterocycles. The zero-order valence-electron chi connectivity index (χ0n) is 28.0. The number of amides is 1. The number of likely N-dealkylation sites (N-methyl/N-ethyl adjacent to an activating group) is 2. The molecular weight excluding hydrogens is 600 g/mol. The summed E-state index contributed by atoms with van der Waals surface area (Å²) in [6.45, 7) is 6.54. The van der Waals surface area contributed by atoms with E-state index in [9.17, 15) is 9.90 Å². The smallest absolute Gasteiger partial charge is 0.250 e. The lowest BCUT2D eigenvalue weighted by Gasteiger charge is -2.50. The Bertz CT molecular complexity index is 1750. The molecule has 47 heavy (non-hydrogen) atoms. The van der Waals surface area contributed by atoms with Crippen LogP contribution in [0.25, 0.3) is 22.6 Å². The van der Waals surface area contributed by atoms with Crippen LogP contribution in [0.4, 0.5) is 11.6 Å². The second kappa shape index (κ2) is 10.4. The first-order valence-corrected chi connectivity index (χ1v) is 17.7. The average Bonchev–Trinajstić information content (AvgIpc) is 3.86. The molecule has 3 saturated heterocycles. The van der Waals surface area contributed by atoms with Crippen LogP contribution in [-0.2, 0) is 26.1 Å². The highest BCUT2D eigenvalue weighted by molar-refractivity contribution is 6.11.